The first-order chi connectivity index (χ1) is 19.8. The molecule has 3 aliphatic rings. The fraction of sp³-hybridized carbons (Fsp3) is 0.606. The summed E-state index contributed by atoms with van der Waals surface area (Å²) in [7, 11) is 0. The summed E-state index contributed by atoms with van der Waals surface area (Å²) in [5.74, 6) is -2.66. The van der Waals surface area contributed by atoms with Gasteiger partial charge in [0.05, 0.1) is 30.8 Å². The third-order valence-corrected chi connectivity index (χ3v) is 9.28. The minimum atomic E-state index is -1.17. The van der Waals surface area contributed by atoms with Gasteiger partial charge >= 0.3 is 5.97 Å². The first-order valence-corrected chi connectivity index (χ1v) is 15.2. The van der Waals surface area contributed by atoms with E-state index in [1.54, 1.807) is 22.0 Å². The van der Waals surface area contributed by atoms with E-state index in [0.717, 1.165) is 24.8 Å². The lowest BCUT2D eigenvalue weighted by molar-refractivity contribution is -0.163. The Labute approximate surface area is 244 Å². The molecule has 0 aromatic heterocycles. The van der Waals surface area contributed by atoms with Gasteiger partial charge in [-0.1, -0.05) is 69.2 Å². The van der Waals surface area contributed by atoms with Crippen LogP contribution in [-0.2, 0) is 30.3 Å². The van der Waals surface area contributed by atoms with Gasteiger partial charge in [-0.05, 0) is 44.1 Å². The Hall–Kier alpha value is -2.97. The highest BCUT2D eigenvalue weighted by atomic mass is 16.6. The molecular weight excluding hydrogens is 520 g/mol. The van der Waals surface area contributed by atoms with Crippen LogP contribution in [0, 0.1) is 11.8 Å². The molecule has 1 aromatic carbocycles. The number of amides is 2. The summed E-state index contributed by atoms with van der Waals surface area (Å²) in [5, 5.41) is 10.6. The van der Waals surface area contributed by atoms with E-state index in [4.69, 9.17) is 9.47 Å². The van der Waals surface area contributed by atoms with Crippen LogP contribution >= 0.6 is 0 Å². The van der Waals surface area contributed by atoms with Gasteiger partial charge in [0.2, 0.25) is 11.8 Å². The van der Waals surface area contributed by atoms with Gasteiger partial charge in [0.15, 0.2) is 0 Å². The van der Waals surface area contributed by atoms with Crippen molar-refractivity contribution in [2.75, 3.05) is 26.3 Å². The second kappa shape index (κ2) is 13.3. The fourth-order valence-electron chi connectivity index (χ4n) is 7.33. The van der Waals surface area contributed by atoms with Crippen LogP contribution in [0.5, 0.6) is 0 Å². The minimum absolute atomic E-state index is 0.177. The van der Waals surface area contributed by atoms with Crippen molar-refractivity contribution >= 4 is 17.8 Å². The van der Waals surface area contributed by atoms with Crippen LogP contribution in [0.15, 0.2) is 55.6 Å². The number of unbranched alkanes of at least 4 members (excludes halogenated alkanes) is 2. The third-order valence-electron chi connectivity index (χ3n) is 9.28. The van der Waals surface area contributed by atoms with E-state index in [2.05, 4.69) is 20.1 Å². The molecule has 0 aliphatic carbocycles. The summed E-state index contributed by atoms with van der Waals surface area (Å²) < 4.78 is 12.5. The molecule has 3 fully saturated rings. The Kier molecular flexibility index (Phi) is 10.1. The number of hydrogen-bond acceptors (Lipinski definition) is 6. The lowest BCUT2D eigenvalue weighted by Gasteiger charge is -2.39. The number of hydrogen-bond donors (Lipinski definition) is 1. The quantitative estimate of drug-likeness (QED) is 0.184. The number of carbonyl (C=O) groups is 3. The van der Waals surface area contributed by atoms with Crippen molar-refractivity contribution in [3.63, 3.8) is 0 Å². The molecule has 3 heterocycles. The Bertz CT molecular complexity index is 1110. The van der Waals surface area contributed by atoms with Crippen molar-refractivity contribution < 1.29 is 29.0 Å². The predicted octanol–water partition coefficient (Wildman–Crippen LogP) is 4.07. The molecule has 6 atom stereocenters. The molecule has 2 bridgehead atoms. The first-order valence-electron chi connectivity index (χ1n) is 15.2. The van der Waals surface area contributed by atoms with Crippen LogP contribution in [0.25, 0.3) is 0 Å². The number of benzene rings is 1. The van der Waals surface area contributed by atoms with Gasteiger partial charge in [-0.2, -0.15) is 0 Å². The maximum atomic E-state index is 14.6. The lowest BCUT2D eigenvalue weighted by Crippen LogP contribution is -2.59. The van der Waals surface area contributed by atoms with E-state index < -0.39 is 41.1 Å². The van der Waals surface area contributed by atoms with Crippen molar-refractivity contribution in [3.05, 3.63) is 61.2 Å². The lowest BCUT2D eigenvalue weighted by atomic mass is 9.65. The maximum Gasteiger partial charge on any atom is 0.312 e. The average Bonchev–Trinajstić information content (AvgIpc) is 3.59. The van der Waals surface area contributed by atoms with Crippen molar-refractivity contribution in [1.29, 1.82) is 0 Å². The van der Waals surface area contributed by atoms with Crippen molar-refractivity contribution in [2.24, 2.45) is 11.8 Å². The normalized spacial score (nSPS) is 28.8. The number of rotatable bonds is 16. The minimum Gasteiger partial charge on any atom is -0.465 e. The molecule has 8 heteroatoms. The van der Waals surface area contributed by atoms with Crippen LogP contribution in [0.2, 0.25) is 0 Å². The molecule has 3 saturated heterocycles. The number of aliphatic hydroxyl groups is 1. The van der Waals surface area contributed by atoms with Gasteiger partial charge in [-0.3, -0.25) is 14.4 Å². The SMILES string of the molecule is C=CCCOC(=O)[C@@H]1[C@H]2C(=O)N([C@@H](CO)Cc3ccccc3)C(C(=O)N(CC=C)CCCCC)C23CC[C@@]1(CC)O3. The standard InChI is InChI=1S/C33H46N2O6/c1-5-9-14-20-34(19-7-3)30(38)28-33-18-17-32(8-4,41-33)27(31(39)40-21-10-6-2)26(33)29(37)35(28)25(23-36)22-24-15-12-11-13-16-24/h6-7,11-13,15-16,25-28,36H,2-3,5,8-10,14,17-23H2,1,4H3/t25-,26+,27+,28?,32-,33?/m1/s1. The van der Waals surface area contributed by atoms with E-state index in [-0.39, 0.29) is 25.0 Å². The van der Waals surface area contributed by atoms with Gasteiger partial charge in [-0.25, -0.2) is 0 Å². The highest BCUT2D eigenvalue weighted by Gasteiger charge is 2.79. The number of fused-ring (bicyclic) bond motifs is 1. The number of ether oxygens (including phenoxy) is 2. The number of aliphatic hydroxyl groups excluding tert-OH is 1. The zero-order valence-corrected chi connectivity index (χ0v) is 24.6. The van der Waals surface area contributed by atoms with Gasteiger partial charge in [0, 0.05) is 13.1 Å². The number of nitrogens with zero attached hydrogens (tertiary/aromatic N) is 2. The number of likely N-dealkylation sites (tertiary alicyclic amines) is 1. The molecule has 8 nitrogen and oxygen atoms in total. The molecule has 224 valence electrons. The summed E-state index contributed by atoms with van der Waals surface area (Å²) in [6, 6.07) is 8.02. The maximum absolute atomic E-state index is 14.6. The Balaban J connectivity index is 1.78. The largest absolute Gasteiger partial charge is 0.465 e. The van der Waals surface area contributed by atoms with Crippen molar-refractivity contribution in [2.45, 2.75) is 88.5 Å². The zero-order chi connectivity index (χ0) is 29.6. The Morgan fingerprint density at radius 1 is 1.20 bits per heavy atom. The van der Waals surface area contributed by atoms with E-state index in [9.17, 15) is 19.5 Å². The van der Waals surface area contributed by atoms with E-state index in [1.807, 2.05) is 37.3 Å². The van der Waals surface area contributed by atoms with E-state index in [1.165, 1.54) is 0 Å². The molecule has 1 spiro atoms. The smallest absolute Gasteiger partial charge is 0.312 e. The molecule has 41 heavy (non-hydrogen) atoms. The summed E-state index contributed by atoms with van der Waals surface area (Å²) in [4.78, 5) is 46.0. The monoisotopic (exact) mass is 566 g/mol. The van der Waals surface area contributed by atoms with Crippen LogP contribution in [-0.4, -0.2) is 82.3 Å². The van der Waals surface area contributed by atoms with Crippen LogP contribution in [0.1, 0.15) is 64.4 Å². The van der Waals surface area contributed by atoms with E-state index >= 15 is 0 Å². The molecule has 1 N–H and O–H groups in total. The van der Waals surface area contributed by atoms with Crippen molar-refractivity contribution in [3.8, 4) is 0 Å². The first kappa shape index (κ1) is 31.0. The van der Waals surface area contributed by atoms with Crippen LogP contribution in [0.3, 0.4) is 0 Å². The highest BCUT2D eigenvalue weighted by molar-refractivity contribution is 5.98. The van der Waals surface area contributed by atoms with Gasteiger partial charge < -0.3 is 24.4 Å². The fourth-order valence-corrected chi connectivity index (χ4v) is 7.33. The molecule has 3 aliphatic heterocycles. The summed E-state index contributed by atoms with van der Waals surface area (Å²) in [6.07, 6.45) is 8.66. The van der Waals surface area contributed by atoms with E-state index in [0.29, 0.717) is 45.2 Å². The molecule has 0 radical (unpaired) electrons. The molecule has 2 unspecified atom stereocenters. The van der Waals surface area contributed by atoms with Crippen molar-refractivity contribution in [1.82, 2.24) is 9.80 Å². The number of carbonyl (C=O) groups excluding carboxylic acids is 3. The second-order valence-electron chi connectivity index (χ2n) is 11.6. The number of esters is 1. The molecular formula is C33H46N2O6. The predicted molar refractivity (Wildman–Crippen MR) is 157 cm³/mol. The second-order valence-corrected chi connectivity index (χ2v) is 11.6. The van der Waals surface area contributed by atoms with Gasteiger partial charge in [0.1, 0.15) is 17.6 Å². The van der Waals surface area contributed by atoms with Gasteiger partial charge in [0.25, 0.3) is 0 Å². The summed E-state index contributed by atoms with van der Waals surface area (Å²) >= 11 is 0. The summed E-state index contributed by atoms with van der Waals surface area (Å²) in [5.41, 5.74) is -1.09. The van der Waals surface area contributed by atoms with Crippen LogP contribution < -0.4 is 0 Å². The Morgan fingerprint density at radius 2 is 1.95 bits per heavy atom. The third kappa shape index (κ3) is 5.61. The molecule has 0 saturated carbocycles. The summed E-state index contributed by atoms with van der Waals surface area (Å²) in [6.45, 7) is 12.4. The van der Waals surface area contributed by atoms with Gasteiger partial charge in [-0.15, -0.1) is 13.2 Å². The molecule has 4 rings (SSSR count). The highest BCUT2D eigenvalue weighted by Crippen LogP contribution is 2.65. The molecule has 1 aromatic rings. The van der Waals surface area contributed by atoms with Crippen LogP contribution in [0.4, 0.5) is 0 Å². The molecule has 2 amide bonds. The average molecular weight is 567 g/mol. The zero-order valence-electron chi connectivity index (χ0n) is 24.6. The Morgan fingerprint density at radius 3 is 2.59 bits per heavy atom. The topological polar surface area (TPSA) is 96.4 Å².